The van der Waals surface area contributed by atoms with Crippen LogP contribution in [0.3, 0.4) is 0 Å². The molecule has 1 aromatic rings. The highest BCUT2D eigenvalue weighted by Gasteiger charge is 2.31. The lowest BCUT2D eigenvalue weighted by atomic mass is 10.1. The zero-order valence-corrected chi connectivity index (χ0v) is 10.4. The van der Waals surface area contributed by atoms with Gasteiger partial charge in [0, 0.05) is 12.2 Å². The number of aromatic nitrogens is 1. The van der Waals surface area contributed by atoms with Gasteiger partial charge in [-0.05, 0) is 12.1 Å². The standard InChI is InChI=1S/C12H16N4O3/c13-8-1-2-9(15-6-8)5-11(17)16-3-4-19-7-10(16)12(14)18/h1-2,6,10H,3-5,7,13H2,(H2,14,18). The number of morpholine rings is 1. The normalized spacial score (nSPS) is 19.2. The van der Waals surface area contributed by atoms with Gasteiger partial charge in [-0.1, -0.05) is 0 Å². The van der Waals surface area contributed by atoms with E-state index in [9.17, 15) is 9.59 Å². The fraction of sp³-hybridized carbons (Fsp3) is 0.417. The summed E-state index contributed by atoms with van der Waals surface area (Å²) < 4.78 is 5.16. The van der Waals surface area contributed by atoms with Gasteiger partial charge in [0.15, 0.2) is 0 Å². The molecule has 2 rings (SSSR count). The molecule has 1 atom stereocenters. The lowest BCUT2D eigenvalue weighted by Crippen LogP contribution is -2.55. The van der Waals surface area contributed by atoms with E-state index in [4.69, 9.17) is 16.2 Å². The summed E-state index contributed by atoms with van der Waals surface area (Å²) in [5.41, 5.74) is 11.9. The number of nitrogens with two attached hydrogens (primary N) is 2. The third-order valence-electron chi connectivity index (χ3n) is 2.96. The monoisotopic (exact) mass is 264 g/mol. The maximum Gasteiger partial charge on any atom is 0.242 e. The van der Waals surface area contributed by atoms with Crippen molar-refractivity contribution in [3.8, 4) is 0 Å². The Kier molecular flexibility index (Phi) is 3.96. The zero-order chi connectivity index (χ0) is 13.8. The van der Waals surface area contributed by atoms with Crippen molar-refractivity contribution in [1.29, 1.82) is 0 Å². The van der Waals surface area contributed by atoms with Crippen molar-refractivity contribution in [2.24, 2.45) is 5.73 Å². The summed E-state index contributed by atoms with van der Waals surface area (Å²) >= 11 is 0. The molecule has 1 fully saturated rings. The number of primary amides is 1. The summed E-state index contributed by atoms with van der Waals surface area (Å²) in [5, 5.41) is 0. The largest absolute Gasteiger partial charge is 0.397 e. The highest BCUT2D eigenvalue weighted by molar-refractivity contribution is 5.87. The molecule has 0 spiro atoms. The van der Waals surface area contributed by atoms with Crippen LogP contribution in [-0.2, 0) is 20.7 Å². The van der Waals surface area contributed by atoms with Gasteiger partial charge in [-0.15, -0.1) is 0 Å². The Balaban J connectivity index is 2.05. The van der Waals surface area contributed by atoms with E-state index in [1.807, 2.05) is 0 Å². The molecule has 0 saturated carbocycles. The molecule has 102 valence electrons. The second kappa shape index (κ2) is 5.66. The Labute approximate surface area is 110 Å². The van der Waals surface area contributed by atoms with Gasteiger partial charge in [-0.2, -0.15) is 0 Å². The van der Waals surface area contributed by atoms with Crippen LogP contribution in [0.2, 0.25) is 0 Å². The van der Waals surface area contributed by atoms with Crippen molar-refractivity contribution in [2.75, 3.05) is 25.5 Å². The summed E-state index contributed by atoms with van der Waals surface area (Å²) in [4.78, 5) is 29.0. The number of nitrogens with zero attached hydrogens (tertiary/aromatic N) is 2. The van der Waals surface area contributed by atoms with Crippen LogP contribution in [0.5, 0.6) is 0 Å². The quantitative estimate of drug-likeness (QED) is 0.721. The third-order valence-corrected chi connectivity index (χ3v) is 2.96. The predicted molar refractivity (Wildman–Crippen MR) is 67.9 cm³/mol. The number of hydrogen-bond acceptors (Lipinski definition) is 5. The molecule has 7 heteroatoms. The summed E-state index contributed by atoms with van der Waals surface area (Å²) in [7, 11) is 0. The number of amides is 2. The van der Waals surface area contributed by atoms with Gasteiger partial charge in [0.25, 0.3) is 0 Å². The molecule has 2 amide bonds. The lowest BCUT2D eigenvalue weighted by molar-refractivity contribution is -0.146. The van der Waals surface area contributed by atoms with Crippen LogP contribution >= 0.6 is 0 Å². The van der Waals surface area contributed by atoms with Crippen LogP contribution in [0.1, 0.15) is 5.69 Å². The first-order valence-corrected chi connectivity index (χ1v) is 5.95. The first-order valence-electron chi connectivity index (χ1n) is 5.95. The Bertz CT molecular complexity index is 474. The number of nitrogen functional groups attached to an aromatic ring is 1. The first kappa shape index (κ1) is 13.3. The number of hydrogen-bond donors (Lipinski definition) is 2. The number of carbonyl (C=O) groups excluding carboxylic acids is 2. The molecule has 19 heavy (non-hydrogen) atoms. The number of ether oxygens (including phenoxy) is 1. The Morgan fingerprint density at radius 3 is 2.89 bits per heavy atom. The maximum absolute atomic E-state index is 12.2. The van der Waals surface area contributed by atoms with Crippen molar-refractivity contribution in [2.45, 2.75) is 12.5 Å². The summed E-state index contributed by atoms with van der Waals surface area (Å²) in [6, 6.07) is 2.67. The van der Waals surface area contributed by atoms with Crippen molar-refractivity contribution in [1.82, 2.24) is 9.88 Å². The maximum atomic E-state index is 12.2. The average molecular weight is 264 g/mol. The van der Waals surface area contributed by atoms with Gasteiger partial charge in [0.05, 0.1) is 31.5 Å². The minimum absolute atomic E-state index is 0.115. The van der Waals surface area contributed by atoms with E-state index in [-0.39, 0.29) is 18.9 Å². The SMILES string of the molecule is NC(=O)C1COCCN1C(=O)Cc1ccc(N)cn1. The molecule has 4 N–H and O–H groups in total. The second-order valence-electron chi connectivity index (χ2n) is 4.34. The second-order valence-corrected chi connectivity index (χ2v) is 4.34. The van der Waals surface area contributed by atoms with Crippen molar-refractivity contribution in [3.05, 3.63) is 24.0 Å². The lowest BCUT2D eigenvalue weighted by Gasteiger charge is -2.33. The number of anilines is 1. The highest BCUT2D eigenvalue weighted by Crippen LogP contribution is 2.10. The molecular formula is C12H16N4O3. The number of pyridine rings is 1. The van der Waals surface area contributed by atoms with Crippen LogP contribution in [0.25, 0.3) is 0 Å². The summed E-state index contributed by atoms with van der Waals surface area (Å²) in [6.45, 7) is 0.919. The molecule has 1 aliphatic heterocycles. The Hall–Kier alpha value is -2.15. The van der Waals surface area contributed by atoms with E-state index in [1.54, 1.807) is 12.1 Å². The zero-order valence-electron chi connectivity index (χ0n) is 10.4. The van der Waals surface area contributed by atoms with E-state index >= 15 is 0 Å². The number of carbonyl (C=O) groups is 2. The molecule has 0 bridgehead atoms. The average Bonchev–Trinajstić information content (AvgIpc) is 2.41. The van der Waals surface area contributed by atoms with Gasteiger partial charge in [-0.3, -0.25) is 14.6 Å². The minimum Gasteiger partial charge on any atom is -0.397 e. The highest BCUT2D eigenvalue weighted by atomic mass is 16.5. The third kappa shape index (κ3) is 3.19. The summed E-state index contributed by atoms with van der Waals surface area (Å²) in [5.74, 6) is -0.748. The molecule has 1 saturated heterocycles. The van der Waals surface area contributed by atoms with E-state index < -0.39 is 11.9 Å². The first-order chi connectivity index (χ1) is 9.08. The van der Waals surface area contributed by atoms with Gasteiger partial charge >= 0.3 is 0 Å². The van der Waals surface area contributed by atoms with E-state index in [2.05, 4.69) is 4.98 Å². The van der Waals surface area contributed by atoms with E-state index in [0.29, 0.717) is 24.5 Å². The van der Waals surface area contributed by atoms with Crippen LogP contribution in [0.15, 0.2) is 18.3 Å². The van der Waals surface area contributed by atoms with Gasteiger partial charge in [0.2, 0.25) is 11.8 Å². The van der Waals surface area contributed by atoms with Crippen LogP contribution in [0.4, 0.5) is 5.69 Å². The van der Waals surface area contributed by atoms with Crippen molar-refractivity contribution >= 4 is 17.5 Å². The van der Waals surface area contributed by atoms with Gasteiger partial charge in [0.1, 0.15) is 6.04 Å². The molecular weight excluding hydrogens is 248 g/mol. The van der Waals surface area contributed by atoms with E-state index in [0.717, 1.165) is 0 Å². The molecule has 7 nitrogen and oxygen atoms in total. The fourth-order valence-corrected chi connectivity index (χ4v) is 1.93. The molecule has 2 heterocycles. The number of rotatable bonds is 3. The van der Waals surface area contributed by atoms with Crippen molar-refractivity contribution < 1.29 is 14.3 Å². The van der Waals surface area contributed by atoms with Crippen LogP contribution in [-0.4, -0.2) is 47.5 Å². The smallest absolute Gasteiger partial charge is 0.242 e. The molecule has 1 aliphatic rings. The molecule has 0 aromatic carbocycles. The topological polar surface area (TPSA) is 112 Å². The molecule has 1 aromatic heterocycles. The summed E-state index contributed by atoms with van der Waals surface area (Å²) in [6.07, 6.45) is 1.61. The Morgan fingerprint density at radius 2 is 2.26 bits per heavy atom. The van der Waals surface area contributed by atoms with Gasteiger partial charge in [-0.25, -0.2) is 0 Å². The molecule has 0 aliphatic carbocycles. The van der Waals surface area contributed by atoms with Gasteiger partial charge < -0.3 is 21.1 Å². The fourth-order valence-electron chi connectivity index (χ4n) is 1.93. The Morgan fingerprint density at radius 1 is 1.47 bits per heavy atom. The van der Waals surface area contributed by atoms with Crippen LogP contribution < -0.4 is 11.5 Å². The molecule has 1 unspecified atom stereocenters. The van der Waals surface area contributed by atoms with Crippen molar-refractivity contribution in [3.63, 3.8) is 0 Å². The minimum atomic E-state index is -0.699. The molecule has 0 radical (unpaired) electrons. The van der Waals surface area contributed by atoms with E-state index in [1.165, 1.54) is 11.1 Å². The predicted octanol–water partition coefficient (Wildman–Crippen LogP) is -1.08. The van der Waals surface area contributed by atoms with Crippen LogP contribution in [0, 0.1) is 0 Å².